The van der Waals surface area contributed by atoms with Crippen molar-refractivity contribution in [2.75, 3.05) is 6.61 Å². The molecule has 4 nitrogen and oxygen atoms in total. The van der Waals surface area contributed by atoms with Gasteiger partial charge in [0.05, 0.1) is 6.61 Å². The summed E-state index contributed by atoms with van der Waals surface area (Å²) < 4.78 is 19.9. The van der Waals surface area contributed by atoms with Crippen molar-refractivity contribution < 1.29 is 19.0 Å². The molecule has 2 heterocycles. The van der Waals surface area contributed by atoms with E-state index in [1.807, 2.05) is 19.1 Å². The number of hydrogen-bond donors (Lipinski definition) is 0. The lowest BCUT2D eigenvalue weighted by Crippen LogP contribution is -2.55. The fourth-order valence-electron chi connectivity index (χ4n) is 7.79. The van der Waals surface area contributed by atoms with Gasteiger partial charge in [-0.25, -0.2) is 4.79 Å². The number of fused-ring (bicyclic) bond motifs is 4. The lowest BCUT2D eigenvalue weighted by molar-refractivity contribution is -0.216. The first-order valence-electron chi connectivity index (χ1n) is 13.3. The van der Waals surface area contributed by atoms with Gasteiger partial charge < -0.3 is 14.2 Å². The molecule has 5 fully saturated rings. The summed E-state index contributed by atoms with van der Waals surface area (Å²) >= 11 is 1.74. The summed E-state index contributed by atoms with van der Waals surface area (Å²) in [5, 5.41) is 0. The van der Waals surface area contributed by atoms with Crippen molar-refractivity contribution >= 4 is 17.7 Å². The molecular formula is C30H34O4S. The topological polar surface area (TPSA) is 44.8 Å². The largest absolute Gasteiger partial charge is 0.457 e. The summed E-state index contributed by atoms with van der Waals surface area (Å²) in [6, 6.07) is 14.8. The fraction of sp³-hybridized carbons (Fsp3) is 0.567. The van der Waals surface area contributed by atoms with E-state index in [4.69, 9.17) is 14.2 Å². The van der Waals surface area contributed by atoms with Gasteiger partial charge in [-0.1, -0.05) is 49.9 Å². The Hall–Kier alpha value is -1.82. The van der Waals surface area contributed by atoms with Gasteiger partial charge in [0, 0.05) is 20.9 Å². The Bertz CT molecular complexity index is 1170. The molecule has 0 aromatic heterocycles. The molecule has 4 aliphatic carbocycles. The zero-order valence-corrected chi connectivity index (χ0v) is 21.7. The third-order valence-electron chi connectivity index (χ3n) is 9.13. The van der Waals surface area contributed by atoms with Crippen LogP contribution in [-0.4, -0.2) is 23.8 Å². The standard InChI is InChI=1S/C30H34O4S/c1-18(2)22-8-9-26-24(13-22)30(23-6-4-5-7-25(23)35-26)32-17-28(3,34-30)27(31)33-29-14-19-10-20(15-29)12-21(11-19)16-29/h4-9,13,18-21H,10-12,14-17H2,1-3H3. The quantitative estimate of drug-likeness (QED) is 0.443. The molecule has 2 atom stereocenters. The van der Waals surface area contributed by atoms with Crippen LogP contribution in [-0.2, 0) is 24.8 Å². The molecule has 0 radical (unpaired) electrons. The minimum Gasteiger partial charge on any atom is -0.457 e. The third kappa shape index (κ3) is 3.38. The van der Waals surface area contributed by atoms with Crippen LogP contribution in [0, 0.1) is 17.8 Å². The molecule has 0 amide bonds. The zero-order valence-electron chi connectivity index (χ0n) is 20.8. The van der Waals surface area contributed by atoms with Gasteiger partial charge in [-0.15, -0.1) is 0 Å². The average Bonchev–Trinajstić information content (AvgIpc) is 3.17. The summed E-state index contributed by atoms with van der Waals surface area (Å²) in [6.45, 7) is 6.44. The summed E-state index contributed by atoms with van der Waals surface area (Å²) in [5.41, 5.74) is 1.77. The molecule has 2 unspecified atom stereocenters. The third-order valence-corrected chi connectivity index (χ3v) is 10.3. The number of carbonyl (C=O) groups excluding carboxylic acids is 1. The average molecular weight is 491 g/mol. The van der Waals surface area contributed by atoms with E-state index in [1.165, 1.54) is 24.8 Å². The SMILES string of the molecule is CC(C)c1ccc2c(c1)C1(OCC(C)(C(=O)OC34CC5CC(CC(C5)C3)C4)O1)c1ccccc1S2. The Morgan fingerprint density at radius 2 is 1.63 bits per heavy atom. The molecule has 8 rings (SSSR count). The normalized spacial score (nSPS) is 38.6. The van der Waals surface area contributed by atoms with Crippen LogP contribution in [0.1, 0.15) is 81.9 Å². The maximum Gasteiger partial charge on any atom is 0.341 e. The highest BCUT2D eigenvalue weighted by molar-refractivity contribution is 7.99. The molecule has 0 N–H and O–H groups in total. The van der Waals surface area contributed by atoms with Gasteiger partial charge in [0.2, 0.25) is 5.79 Å². The van der Waals surface area contributed by atoms with Crippen LogP contribution in [0.15, 0.2) is 52.3 Å². The molecule has 1 spiro atoms. The molecule has 35 heavy (non-hydrogen) atoms. The second-order valence-corrected chi connectivity index (χ2v) is 13.3. The van der Waals surface area contributed by atoms with Crippen molar-refractivity contribution in [1.29, 1.82) is 0 Å². The van der Waals surface area contributed by atoms with E-state index in [0.29, 0.717) is 5.92 Å². The Balaban J connectivity index is 1.24. The highest BCUT2D eigenvalue weighted by atomic mass is 32.2. The molecule has 2 aromatic rings. The van der Waals surface area contributed by atoms with Crippen LogP contribution in [0.25, 0.3) is 0 Å². The van der Waals surface area contributed by atoms with Gasteiger partial charge in [-0.2, -0.15) is 0 Å². The second-order valence-electron chi connectivity index (χ2n) is 12.2. The minimum atomic E-state index is -1.15. The van der Waals surface area contributed by atoms with Crippen LogP contribution in [0.3, 0.4) is 0 Å². The van der Waals surface area contributed by atoms with E-state index in [0.717, 1.165) is 57.9 Å². The monoisotopic (exact) mass is 490 g/mol. The van der Waals surface area contributed by atoms with E-state index < -0.39 is 11.4 Å². The van der Waals surface area contributed by atoms with Crippen molar-refractivity contribution in [3.63, 3.8) is 0 Å². The number of rotatable bonds is 3. The molecule has 2 aliphatic heterocycles. The number of benzene rings is 2. The zero-order chi connectivity index (χ0) is 24.0. The van der Waals surface area contributed by atoms with E-state index in [9.17, 15) is 4.79 Å². The van der Waals surface area contributed by atoms with Crippen molar-refractivity contribution in [1.82, 2.24) is 0 Å². The van der Waals surface area contributed by atoms with Gasteiger partial charge in [0.15, 0.2) is 5.60 Å². The highest BCUT2D eigenvalue weighted by Crippen LogP contribution is 2.59. The lowest BCUT2D eigenvalue weighted by atomic mass is 9.54. The Morgan fingerprint density at radius 1 is 0.971 bits per heavy atom. The predicted molar refractivity (Wildman–Crippen MR) is 134 cm³/mol. The lowest BCUT2D eigenvalue weighted by Gasteiger charge is -2.56. The number of hydrogen-bond acceptors (Lipinski definition) is 5. The fourth-order valence-corrected chi connectivity index (χ4v) is 8.92. The first kappa shape index (κ1) is 22.4. The molecule has 4 bridgehead atoms. The van der Waals surface area contributed by atoms with Gasteiger partial charge >= 0.3 is 5.97 Å². The summed E-state index contributed by atoms with van der Waals surface area (Å²) in [4.78, 5) is 16.1. The van der Waals surface area contributed by atoms with Crippen molar-refractivity contribution in [3.8, 4) is 0 Å². The van der Waals surface area contributed by atoms with Crippen LogP contribution in [0.5, 0.6) is 0 Å². The van der Waals surface area contributed by atoms with Crippen LogP contribution >= 0.6 is 11.8 Å². The molecule has 6 aliphatic rings. The van der Waals surface area contributed by atoms with E-state index in [1.54, 1.807) is 11.8 Å². The van der Waals surface area contributed by atoms with Crippen LogP contribution < -0.4 is 0 Å². The predicted octanol–water partition coefficient (Wildman–Crippen LogP) is 6.79. The highest BCUT2D eigenvalue weighted by Gasteiger charge is 2.60. The van der Waals surface area contributed by atoms with Crippen LogP contribution in [0.2, 0.25) is 0 Å². The Morgan fingerprint density at radius 3 is 2.31 bits per heavy atom. The molecule has 5 heteroatoms. The van der Waals surface area contributed by atoms with E-state index in [-0.39, 0.29) is 18.2 Å². The van der Waals surface area contributed by atoms with E-state index in [2.05, 4.69) is 44.2 Å². The summed E-state index contributed by atoms with van der Waals surface area (Å²) in [7, 11) is 0. The first-order valence-corrected chi connectivity index (χ1v) is 14.1. The maximum absolute atomic E-state index is 13.8. The molecule has 184 valence electrons. The van der Waals surface area contributed by atoms with E-state index >= 15 is 0 Å². The number of esters is 1. The van der Waals surface area contributed by atoms with Crippen LogP contribution in [0.4, 0.5) is 0 Å². The first-order chi connectivity index (χ1) is 16.8. The number of carbonyl (C=O) groups is 1. The molecule has 4 saturated carbocycles. The van der Waals surface area contributed by atoms with Gasteiger partial charge in [0.1, 0.15) is 5.60 Å². The van der Waals surface area contributed by atoms with Crippen molar-refractivity contribution in [3.05, 3.63) is 59.2 Å². The van der Waals surface area contributed by atoms with Gasteiger partial charge in [0.25, 0.3) is 0 Å². The van der Waals surface area contributed by atoms with Crippen molar-refractivity contribution in [2.24, 2.45) is 17.8 Å². The molecule has 2 aromatic carbocycles. The Labute approximate surface area is 212 Å². The van der Waals surface area contributed by atoms with Gasteiger partial charge in [-0.3, -0.25) is 0 Å². The molecular weight excluding hydrogens is 456 g/mol. The summed E-state index contributed by atoms with van der Waals surface area (Å²) in [6.07, 6.45) is 7.02. The summed E-state index contributed by atoms with van der Waals surface area (Å²) in [5.74, 6) is 1.19. The molecule has 1 saturated heterocycles. The number of ether oxygens (including phenoxy) is 3. The maximum atomic E-state index is 13.8. The second kappa shape index (κ2) is 7.60. The minimum absolute atomic E-state index is 0.183. The van der Waals surface area contributed by atoms with Crippen molar-refractivity contribution in [2.45, 2.75) is 92.0 Å². The van der Waals surface area contributed by atoms with Gasteiger partial charge in [-0.05, 0) is 92.9 Å². The smallest absolute Gasteiger partial charge is 0.341 e. The Kier molecular flexibility index (Phi) is 4.86.